The Kier molecular flexibility index (Phi) is 8.09. The van der Waals surface area contributed by atoms with Gasteiger partial charge in [0.2, 0.25) is 9.70 Å². The normalized spacial score (nSPS) is 12.5. The van der Waals surface area contributed by atoms with Crippen molar-refractivity contribution in [1.82, 2.24) is 10.6 Å². The second kappa shape index (κ2) is 8.83. The van der Waals surface area contributed by atoms with Gasteiger partial charge in [0, 0.05) is 5.02 Å². The highest BCUT2D eigenvalue weighted by atomic mass is 35.6. The lowest BCUT2D eigenvalue weighted by Gasteiger charge is -2.27. The molecule has 3 N–H and O–H groups in total. The first-order valence-electron chi connectivity index (χ1n) is 5.58. The minimum atomic E-state index is -1.86. The second-order valence-electron chi connectivity index (χ2n) is 3.90. The van der Waals surface area contributed by atoms with Gasteiger partial charge in [-0.3, -0.25) is 4.79 Å². The molecule has 0 aliphatic carbocycles. The number of hydrogen-bond acceptors (Lipinski definition) is 2. The number of rotatable bonds is 4. The molecule has 1 aromatic rings. The number of benzene rings is 1. The minimum absolute atomic E-state index is 0.0652. The molecule has 22 heavy (non-hydrogen) atoms. The van der Waals surface area contributed by atoms with Crippen molar-refractivity contribution in [3.63, 3.8) is 0 Å². The van der Waals surface area contributed by atoms with Crippen LogP contribution in [-0.2, 0) is 4.79 Å². The number of anilines is 1. The fraction of sp³-hybridized carbons (Fsp3) is 0.273. The maximum Gasteiger partial charge on any atom is 0.236 e. The van der Waals surface area contributed by atoms with Crippen LogP contribution in [0.3, 0.4) is 0 Å². The van der Waals surface area contributed by atoms with Gasteiger partial charge in [0.1, 0.15) is 12.0 Å². The molecule has 0 saturated heterocycles. The summed E-state index contributed by atoms with van der Waals surface area (Å²) >= 11 is 39.7. The van der Waals surface area contributed by atoms with Crippen molar-refractivity contribution >= 4 is 98.5 Å². The van der Waals surface area contributed by atoms with Crippen molar-refractivity contribution in [2.24, 2.45) is 0 Å². The summed E-state index contributed by atoms with van der Waals surface area (Å²) in [6, 6.07) is 4.78. The molecular formula is C11H9Cl6N3OS. The number of amides is 1. The van der Waals surface area contributed by atoms with Gasteiger partial charge in [-0.25, -0.2) is 0 Å². The van der Waals surface area contributed by atoms with E-state index < -0.39 is 15.9 Å². The van der Waals surface area contributed by atoms with Gasteiger partial charge in [-0.2, -0.15) is 0 Å². The van der Waals surface area contributed by atoms with Gasteiger partial charge in [0.05, 0.1) is 10.7 Å². The van der Waals surface area contributed by atoms with Crippen LogP contribution >= 0.6 is 81.8 Å². The maximum atomic E-state index is 11.3. The predicted octanol–water partition coefficient (Wildman–Crippen LogP) is 4.33. The molecule has 0 spiro atoms. The van der Waals surface area contributed by atoms with Crippen molar-refractivity contribution in [1.29, 1.82) is 0 Å². The Bertz CT molecular complexity index is 565. The highest BCUT2D eigenvalue weighted by molar-refractivity contribution is 7.80. The predicted molar refractivity (Wildman–Crippen MR) is 98.8 cm³/mol. The Morgan fingerprint density at radius 3 is 2.41 bits per heavy atom. The Morgan fingerprint density at radius 2 is 1.86 bits per heavy atom. The molecule has 4 nitrogen and oxygen atoms in total. The molecule has 0 aliphatic heterocycles. The summed E-state index contributed by atoms with van der Waals surface area (Å²) in [7, 11) is 0. The molecule has 0 aromatic heterocycles. The summed E-state index contributed by atoms with van der Waals surface area (Å²) in [5, 5.41) is 8.74. The third-order valence-corrected chi connectivity index (χ3v) is 3.89. The van der Waals surface area contributed by atoms with Crippen molar-refractivity contribution in [2.75, 3.05) is 11.2 Å². The lowest BCUT2D eigenvalue weighted by atomic mass is 10.3. The van der Waals surface area contributed by atoms with E-state index >= 15 is 0 Å². The quantitative estimate of drug-likeness (QED) is 0.368. The fourth-order valence-electron chi connectivity index (χ4n) is 1.28. The summed E-state index contributed by atoms with van der Waals surface area (Å²) in [5.41, 5.74) is 0.457. The zero-order valence-corrected chi connectivity index (χ0v) is 16.0. The number of halogens is 6. The first kappa shape index (κ1) is 20.2. The molecule has 0 radical (unpaired) electrons. The largest absolute Gasteiger partial charge is 0.339 e. The Hall–Kier alpha value is 0.120. The lowest BCUT2D eigenvalue weighted by Crippen LogP contribution is -2.56. The molecule has 1 aromatic carbocycles. The van der Waals surface area contributed by atoms with Crippen LogP contribution in [0.1, 0.15) is 0 Å². The van der Waals surface area contributed by atoms with Crippen LogP contribution in [0.2, 0.25) is 10.0 Å². The average molecular weight is 444 g/mol. The van der Waals surface area contributed by atoms with Gasteiger partial charge in [-0.05, 0) is 30.4 Å². The second-order valence-corrected chi connectivity index (χ2v) is 7.79. The summed E-state index contributed by atoms with van der Waals surface area (Å²) < 4.78 is -1.86. The SMILES string of the molecule is O=C(CCl)N[C@@H](NC(=S)Nc1cc(Cl)ccc1Cl)C(Cl)(Cl)Cl. The Balaban J connectivity index is 2.79. The van der Waals surface area contributed by atoms with E-state index in [-0.39, 0.29) is 11.0 Å². The molecule has 0 aliphatic rings. The fourth-order valence-corrected chi connectivity index (χ4v) is 2.25. The molecule has 0 fully saturated rings. The average Bonchev–Trinajstić information content (AvgIpc) is 2.41. The zero-order valence-electron chi connectivity index (χ0n) is 10.6. The highest BCUT2D eigenvalue weighted by Crippen LogP contribution is 2.29. The van der Waals surface area contributed by atoms with Crippen LogP contribution in [0.25, 0.3) is 0 Å². The molecule has 0 heterocycles. The van der Waals surface area contributed by atoms with Gasteiger partial charge in [-0.1, -0.05) is 58.0 Å². The third kappa shape index (κ3) is 6.71. The molecule has 0 saturated carbocycles. The number of carbonyl (C=O) groups excluding carboxylic acids is 1. The van der Waals surface area contributed by atoms with Crippen LogP contribution in [0.15, 0.2) is 18.2 Å². The standard InChI is InChI=1S/C11H9Cl6N3OS/c12-4-8(21)19-9(11(15,16)17)20-10(22)18-7-3-5(13)1-2-6(7)14/h1-3,9H,4H2,(H,19,21)(H2,18,20,22)/t9-/m0/s1. The Morgan fingerprint density at radius 1 is 1.23 bits per heavy atom. The van der Waals surface area contributed by atoms with Crippen LogP contribution in [0.4, 0.5) is 5.69 Å². The van der Waals surface area contributed by atoms with Crippen molar-refractivity contribution in [3.8, 4) is 0 Å². The van der Waals surface area contributed by atoms with Gasteiger partial charge in [0.25, 0.3) is 0 Å². The van der Waals surface area contributed by atoms with Crippen molar-refractivity contribution < 1.29 is 4.79 Å². The summed E-state index contributed by atoms with van der Waals surface area (Å²) in [5.74, 6) is -0.826. The first-order chi connectivity index (χ1) is 10.1. The van der Waals surface area contributed by atoms with E-state index in [1.54, 1.807) is 18.2 Å². The van der Waals surface area contributed by atoms with E-state index in [0.29, 0.717) is 15.7 Å². The van der Waals surface area contributed by atoms with E-state index in [0.717, 1.165) is 0 Å². The van der Waals surface area contributed by atoms with Gasteiger partial charge < -0.3 is 16.0 Å². The molecule has 0 unspecified atom stereocenters. The minimum Gasteiger partial charge on any atom is -0.339 e. The van der Waals surface area contributed by atoms with Crippen LogP contribution < -0.4 is 16.0 Å². The molecule has 1 atom stereocenters. The molecule has 1 rings (SSSR count). The van der Waals surface area contributed by atoms with Gasteiger partial charge in [-0.15, -0.1) is 11.6 Å². The van der Waals surface area contributed by atoms with Crippen LogP contribution in [-0.4, -0.2) is 26.9 Å². The number of hydrogen-bond donors (Lipinski definition) is 3. The van der Waals surface area contributed by atoms with Crippen LogP contribution in [0.5, 0.6) is 0 Å². The van der Waals surface area contributed by atoms with Gasteiger partial charge >= 0.3 is 0 Å². The molecular weight excluding hydrogens is 435 g/mol. The summed E-state index contributed by atoms with van der Waals surface area (Å²) in [4.78, 5) is 11.3. The maximum absolute atomic E-state index is 11.3. The highest BCUT2D eigenvalue weighted by Gasteiger charge is 2.34. The van der Waals surface area contributed by atoms with E-state index in [1.807, 2.05) is 0 Å². The van der Waals surface area contributed by atoms with Crippen LogP contribution in [0, 0.1) is 0 Å². The van der Waals surface area contributed by atoms with Crippen molar-refractivity contribution in [2.45, 2.75) is 9.96 Å². The van der Waals surface area contributed by atoms with E-state index in [4.69, 9.17) is 81.8 Å². The summed E-state index contributed by atoms with van der Waals surface area (Å²) in [6.45, 7) is 0. The number of carbonyl (C=O) groups is 1. The first-order valence-corrected chi connectivity index (χ1v) is 8.41. The van der Waals surface area contributed by atoms with E-state index in [9.17, 15) is 4.79 Å². The van der Waals surface area contributed by atoms with Crippen molar-refractivity contribution in [3.05, 3.63) is 28.2 Å². The Labute approximate surface area is 162 Å². The van der Waals surface area contributed by atoms with E-state index in [1.165, 1.54) is 0 Å². The number of nitrogens with one attached hydrogen (secondary N) is 3. The number of thiocarbonyl (C=S) groups is 1. The monoisotopic (exact) mass is 441 g/mol. The number of alkyl halides is 4. The summed E-state index contributed by atoms with van der Waals surface area (Å²) in [6.07, 6.45) is -1.10. The smallest absolute Gasteiger partial charge is 0.236 e. The topological polar surface area (TPSA) is 53.2 Å². The van der Waals surface area contributed by atoms with E-state index in [2.05, 4.69) is 16.0 Å². The molecule has 1 amide bonds. The molecule has 0 bridgehead atoms. The third-order valence-electron chi connectivity index (χ3n) is 2.21. The molecule has 122 valence electrons. The van der Waals surface area contributed by atoms with Gasteiger partial charge in [0.15, 0.2) is 5.11 Å². The molecule has 11 heteroatoms. The lowest BCUT2D eigenvalue weighted by molar-refractivity contribution is -0.119. The zero-order chi connectivity index (χ0) is 16.9.